The standard InChI is InChI=1S/C9H14/c1-4-9-5-2-7(1)8(9)3-6-9/h7-8H,1-6H2. The van der Waals surface area contributed by atoms with E-state index in [-0.39, 0.29) is 0 Å². The lowest BCUT2D eigenvalue weighted by molar-refractivity contribution is 0.0842. The SMILES string of the molecule is C1CC23CCC1C2CC3. The van der Waals surface area contributed by atoms with Crippen molar-refractivity contribution in [2.75, 3.05) is 0 Å². The van der Waals surface area contributed by atoms with Crippen molar-refractivity contribution in [3.05, 3.63) is 0 Å². The Labute approximate surface area is 56.6 Å². The zero-order chi connectivity index (χ0) is 5.90. The number of hydrogen-bond acceptors (Lipinski definition) is 0. The fourth-order valence-electron chi connectivity index (χ4n) is 3.69. The second-order valence-electron chi connectivity index (χ2n) is 4.34. The monoisotopic (exact) mass is 122 g/mol. The van der Waals surface area contributed by atoms with Gasteiger partial charge in [-0.1, -0.05) is 0 Å². The normalized spacial score (nSPS) is 61.3. The molecule has 3 fully saturated rings. The van der Waals surface area contributed by atoms with Crippen molar-refractivity contribution < 1.29 is 0 Å². The van der Waals surface area contributed by atoms with Crippen molar-refractivity contribution >= 4 is 0 Å². The zero-order valence-electron chi connectivity index (χ0n) is 5.90. The summed E-state index contributed by atoms with van der Waals surface area (Å²) >= 11 is 0. The van der Waals surface area contributed by atoms with Crippen LogP contribution in [0.1, 0.15) is 38.5 Å². The third kappa shape index (κ3) is 0.367. The second kappa shape index (κ2) is 1.21. The molecule has 50 valence electrons. The maximum absolute atomic E-state index is 1.60. The molecular formula is C9H14. The third-order valence-corrected chi connectivity index (χ3v) is 4.33. The highest BCUT2D eigenvalue weighted by Crippen LogP contribution is 2.68. The van der Waals surface area contributed by atoms with E-state index in [4.69, 9.17) is 0 Å². The van der Waals surface area contributed by atoms with Crippen LogP contribution in [0.5, 0.6) is 0 Å². The van der Waals surface area contributed by atoms with Gasteiger partial charge in [0.1, 0.15) is 0 Å². The lowest BCUT2D eigenvalue weighted by Gasteiger charge is -2.42. The summed E-state index contributed by atoms with van der Waals surface area (Å²) in [6.45, 7) is 0. The van der Waals surface area contributed by atoms with Gasteiger partial charge in [-0.25, -0.2) is 0 Å². The molecule has 0 saturated heterocycles. The summed E-state index contributed by atoms with van der Waals surface area (Å²) in [6, 6.07) is 0. The molecule has 2 bridgehead atoms. The van der Waals surface area contributed by atoms with E-state index in [1.165, 1.54) is 11.8 Å². The van der Waals surface area contributed by atoms with Gasteiger partial charge < -0.3 is 0 Å². The molecule has 1 atom stereocenters. The first-order valence-corrected chi connectivity index (χ1v) is 4.41. The lowest BCUT2D eigenvalue weighted by atomic mass is 9.63. The van der Waals surface area contributed by atoms with Gasteiger partial charge in [0.15, 0.2) is 0 Å². The first-order valence-electron chi connectivity index (χ1n) is 4.41. The molecule has 0 N–H and O–H groups in total. The van der Waals surface area contributed by atoms with E-state index in [9.17, 15) is 0 Å². The minimum Gasteiger partial charge on any atom is -0.0496 e. The van der Waals surface area contributed by atoms with Crippen LogP contribution in [0.15, 0.2) is 0 Å². The Kier molecular flexibility index (Phi) is 0.640. The van der Waals surface area contributed by atoms with Gasteiger partial charge in [-0.2, -0.15) is 0 Å². The average molecular weight is 122 g/mol. The molecule has 0 aromatic rings. The summed E-state index contributed by atoms with van der Waals surface area (Å²) in [6.07, 6.45) is 9.55. The van der Waals surface area contributed by atoms with Crippen LogP contribution in [0.4, 0.5) is 0 Å². The van der Waals surface area contributed by atoms with Crippen LogP contribution >= 0.6 is 0 Å². The Morgan fingerprint density at radius 2 is 1.56 bits per heavy atom. The molecule has 0 heteroatoms. The van der Waals surface area contributed by atoms with Crippen molar-refractivity contribution in [2.24, 2.45) is 17.3 Å². The van der Waals surface area contributed by atoms with Crippen molar-refractivity contribution in [1.29, 1.82) is 0 Å². The largest absolute Gasteiger partial charge is 0.0496 e. The fraction of sp³-hybridized carbons (Fsp3) is 1.00. The Morgan fingerprint density at radius 1 is 0.889 bits per heavy atom. The summed E-state index contributed by atoms with van der Waals surface area (Å²) < 4.78 is 0. The molecule has 0 aliphatic heterocycles. The van der Waals surface area contributed by atoms with E-state index in [1.54, 1.807) is 38.5 Å². The molecule has 0 aromatic carbocycles. The quantitative estimate of drug-likeness (QED) is 0.463. The van der Waals surface area contributed by atoms with Crippen LogP contribution in [0.2, 0.25) is 0 Å². The molecule has 0 nitrogen and oxygen atoms in total. The minimum atomic E-state index is 0.949. The molecular weight excluding hydrogens is 108 g/mol. The van der Waals surface area contributed by atoms with Gasteiger partial charge in [0, 0.05) is 0 Å². The molecule has 9 heavy (non-hydrogen) atoms. The lowest BCUT2D eigenvalue weighted by Crippen LogP contribution is -2.32. The molecule has 1 unspecified atom stereocenters. The molecule has 3 aliphatic carbocycles. The van der Waals surface area contributed by atoms with Crippen molar-refractivity contribution in [1.82, 2.24) is 0 Å². The van der Waals surface area contributed by atoms with E-state index in [0.29, 0.717) is 0 Å². The molecule has 0 radical (unpaired) electrons. The Bertz CT molecular complexity index is 140. The highest BCUT2D eigenvalue weighted by Gasteiger charge is 2.58. The van der Waals surface area contributed by atoms with Gasteiger partial charge >= 0.3 is 0 Å². The van der Waals surface area contributed by atoms with Gasteiger partial charge in [0.05, 0.1) is 0 Å². The highest BCUT2D eigenvalue weighted by molar-refractivity contribution is 5.08. The van der Waals surface area contributed by atoms with Crippen molar-refractivity contribution in [2.45, 2.75) is 38.5 Å². The number of rotatable bonds is 0. The van der Waals surface area contributed by atoms with E-state index < -0.39 is 0 Å². The van der Waals surface area contributed by atoms with Gasteiger partial charge in [0.2, 0.25) is 0 Å². The smallest absolute Gasteiger partial charge is 0.0266 e. The Balaban J connectivity index is 2.04. The van der Waals surface area contributed by atoms with Crippen molar-refractivity contribution in [3.63, 3.8) is 0 Å². The van der Waals surface area contributed by atoms with Crippen molar-refractivity contribution in [3.8, 4) is 0 Å². The summed E-state index contributed by atoms with van der Waals surface area (Å²) in [7, 11) is 0. The van der Waals surface area contributed by atoms with Gasteiger partial charge in [-0.3, -0.25) is 0 Å². The summed E-state index contributed by atoms with van der Waals surface area (Å²) in [5.41, 5.74) is 0.949. The summed E-state index contributed by atoms with van der Waals surface area (Å²) in [4.78, 5) is 0. The summed E-state index contributed by atoms with van der Waals surface area (Å²) in [5, 5.41) is 0. The van der Waals surface area contributed by atoms with Crippen LogP contribution in [-0.2, 0) is 0 Å². The first-order chi connectivity index (χ1) is 4.41. The number of hydrogen-bond donors (Lipinski definition) is 0. The van der Waals surface area contributed by atoms with Crippen LogP contribution in [0.3, 0.4) is 0 Å². The zero-order valence-corrected chi connectivity index (χ0v) is 5.90. The third-order valence-electron chi connectivity index (χ3n) is 4.33. The molecule has 0 heterocycles. The molecule has 3 aliphatic rings. The maximum Gasteiger partial charge on any atom is -0.0266 e. The predicted molar refractivity (Wildman–Crippen MR) is 37.1 cm³/mol. The molecule has 0 aromatic heterocycles. The Morgan fingerprint density at radius 3 is 1.78 bits per heavy atom. The molecule has 3 saturated carbocycles. The highest BCUT2D eigenvalue weighted by atomic mass is 14.6. The average Bonchev–Trinajstić information content (AvgIpc) is 2.19. The Hall–Kier alpha value is 0. The van der Waals surface area contributed by atoms with E-state index >= 15 is 0 Å². The van der Waals surface area contributed by atoms with E-state index in [1.807, 2.05) is 0 Å². The van der Waals surface area contributed by atoms with Gasteiger partial charge in [-0.15, -0.1) is 0 Å². The minimum absolute atomic E-state index is 0.949. The van der Waals surface area contributed by atoms with Gasteiger partial charge in [0.25, 0.3) is 0 Å². The van der Waals surface area contributed by atoms with Gasteiger partial charge in [-0.05, 0) is 55.8 Å². The second-order valence-corrected chi connectivity index (χ2v) is 4.34. The molecule has 0 amide bonds. The topological polar surface area (TPSA) is 0 Å². The fourth-order valence-corrected chi connectivity index (χ4v) is 3.69. The maximum atomic E-state index is 1.60. The van der Waals surface area contributed by atoms with Crippen LogP contribution in [0.25, 0.3) is 0 Å². The first kappa shape index (κ1) is 4.76. The molecule has 0 spiro atoms. The van der Waals surface area contributed by atoms with Crippen LogP contribution in [0, 0.1) is 17.3 Å². The van der Waals surface area contributed by atoms with Crippen LogP contribution < -0.4 is 0 Å². The predicted octanol–water partition coefficient (Wildman–Crippen LogP) is 2.59. The summed E-state index contributed by atoms with van der Waals surface area (Å²) in [5.74, 6) is 2.41. The van der Waals surface area contributed by atoms with E-state index in [2.05, 4.69) is 0 Å². The molecule has 3 rings (SSSR count). The van der Waals surface area contributed by atoms with E-state index in [0.717, 1.165) is 5.41 Å². The van der Waals surface area contributed by atoms with Crippen LogP contribution in [-0.4, -0.2) is 0 Å².